The minimum atomic E-state index is -3.82. The fraction of sp³-hybridized carbons (Fsp3) is 0.609. The molecule has 2 rings (SSSR count). The van der Waals surface area contributed by atoms with Gasteiger partial charge in [-0.3, -0.25) is 9.59 Å². The summed E-state index contributed by atoms with van der Waals surface area (Å²) in [4.78, 5) is 39.2. The van der Waals surface area contributed by atoms with Gasteiger partial charge in [0.15, 0.2) is 0 Å². The number of carbonyl (C=O) groups is 3. The van der Waals surface area contributed by atoms with Crippen molar-refractivity contribution < 1.29 is 27.5 Å². The minimum absolute atomic E-state index is 0.0644. The van der Waals surface area contributed by atoms with E-state index in [1.807, 2.05) is 20.8 Å². The molecule has 1 heterocycles. The van der Waals surface area contributed by atoms with Gasteiger partial charge in [-0.1, -0.05) is 38.0 Å². The predicted octanol–water partition coefficient (Wildman–Crippen LogP) is 1.60. The summed E-state index contributed by atoms with van der Waals surface area (Å²) in [6.45, 7) is 7.85. The molecule has 1 saturated heterocycles. The highest BCUT2D eigenvalue weighted by Crippen LogP contribution is 2.20. The Morgan fingerprint density at radius 1 is 1.12 bits per heavy atom. The molecule has 0 saturated carbocycles. The van der Waals surface area contributed by atoms with Crippen LogP contribution >= 0.6 is 0 Å². The molecular weight excluding hydrogens is 446 g/mol. The highest BCUT2D eigenvalue weighted by molar-refractivity contribution is 7.89. The maximum Gasteiger partial charge on any atom is 0.328 e. The zero-order valence-electron chi connectivity index (χ0n) is 20.0. The average Bonchev–Trinajstić information content (AvgIpc) is 2.80. The van der Waals surface area contributed by atoms with E-state index in [1.165, 1.54) is 26.2 Å². The number of rotatable bonds is 9. The first-order valence-corrected chi connectivity index (χ1v) is 12.7. The molecule has 1 aliphatic rings. The summed E-state index contributed by atoms with van der Waals surface area (Å²) in [6.07, 6.45) is 1.58. The van der Waals surface area contributed by atoms with E-state index >= 15 is 0 Å². The third kappa shape index (κ3) is 7.01. The molecule has 1 aliphatic heterocycles. The molecule has 2 amide bonds. The molecule has 1 aromatic rings. The first-order chi connectivity index (χ1) is 15.5. The SMILES string of the molecule is CC[C@H](C)[C@H](NC(=O)C1CCN(C(=O)[C@H](C)NS(=O)(=O)c2ccc(C)cc2)CC1)C(=O)OC. The minimum Gasteiger partial charge on any atom is -0.467 e. The quantitative estimate of drug-likeness (QED) is 0.517. The number of nitrogens with one attached hydrogen (secondary N) is 2. The lowest BCUT2D eigenvalue weighted by Gasteiger charge is -2.34. The number of likely N-dealkylation sites (tertiary alicyclic amines) is 1. The van der Waals surface area contributed by atoms with E-state index in [4.69, 9.17) is 4.74 Å². The van der Waals surface area contributed by atoms with Crippen molar-refractivity contribution in [1.29, 1.82) is 0 Å². The van der Waals surface area contributed by atoms with Crippen LogP contribution in [-0.4, -0.2) is 63.4 Å². The maximum absolute atomic E-state index is 12.8. The Balaban J connectivity index is 1.92. The molecule has 9 nitrogen and oxygen atoms in total. The summed E-state index contributed by atoms with van der Waals surface area (Å²) in [7, 11) is -2.53. The van der Waals surface area contributed by atoms with E-state index in [2.05, 4.69) is 10.0 Å². The van der Waals surface area contributed by atoms with Gasteiger partial charge in [0, 0.05) is 19.0 Å². The molecule has 0 radical (unpaired) electrons. The zero-order valence-corrected chi connectivity index (χ0v) is 20.8. The Morgan fingerprint density at radius 2 is 1.70 bits per heavy atom. The summed E-state index contributed by atoms with van der Waals surface area (Å²) in [5.41, 5.74) is 0.937. The van der Waals surface area contributed by atoms with Crippen LogP contribution in [0.25, 0.3) is 0 Å². The summed E-state index contributed by atoms with van der Waals surface area (Å²) >= 11 is 0. The van der Waals surface area contributed by atoms with Gasteiger partial charge in [0.25, 0.3) is 0 Å². The summed E-state index contributed by atoms with van der Waals surface area (Å²) in [6, 6.07) is 4.75. The molecule has 10 heteroatoms. The lowest BCUT2D eigenvalue weighted by molar-refractivity contribution is -0.147. The molecule has 0 aromatic heterocycles. The predicted molar refractivity (Wildman–Crippen MR) is 124 cm³/mol. The molecule has 184 valence electrons. The van der Waals surface area contributed by atoms with E-state index in [0.29, 0.717) is 32.4 Å². The number of esters is 1. The highest BCUT2D eigenvalue weighted by atomic mass is 32.2. The van der Waals surface area contributed by atoms with Gasteiger partial charge in [-0.25, -0.2) is 13.2 Å². The lowest BCUT2D eigenvalue weighted by Crippen LogP contribution is -2.52. The smallest absolute Gasteiger partial charge is 0.328 e. The number of methoxy groups -OCH3 is 1. The van der Waals surface area contributed by atoms with E-state index in [1.54, 1.807) is 17.0 Å². The number of ether oxygens (including phenoxy) is 1. The van der Waals surface area contributed by atoms with Crippen LogP contribution in [0.5, 0.6) is 0 Å². The molecule has 0 spiro atoms. The van der Waals surface area contributed by atoms with Crippen LogP contribution in [0, 0.1) is 18.8 Å². The molecule has 0 unspecified atom stereocenters. The topological polar surface area (TPSA) is 122 Å². The van der Waals surface area contributed by atoms with Crippen molar-refractivity contribution in [2.45, 2.75) is 63.9 Å². The average molecular weight is 482 g/mol. The number of piperidine rings is 1. The molecule has 1 fully saturated rings. The number of amides is 2. The second-order valence-corrected chi connectivity index (χ2v) is 10.4. The van der Waals surface area contributed by atoms with Gasteiger partial charge < -0.3 is 15.0 Å². The molecule has 3 atom stereocenters. The number of sulfonamides is 1. The molecule has 0 aliphatic carbocycles. The van der Waals surface area contributed by atoms with Crippen LogP contribution in [0.3, 0.4) is 0 Å². The molecule has 0 bridgehead atoms. The van der Waals surface area contributed by atoms with Crippen LogP contribution in [0.1, 0.15) is 45.6 Å². The van der Waals surface area contributed by atoms with Crippen molar-refractivity contribution in [3.8, 4) is 0 Å². The Morgan fingerprint density at radius 3 is 2.21 bits per heavy atom. The standard InChI is InChI=1S/C23H35N3O6S/c1-6-16(3)20(23(29)32-5)24-21(27)18-11-13-26(14-12-18)22(28)17(4)25-33(30,31)19-9-7-15(2)8-10-19/h7-10,16-18,20,25H,6,11-14H2,1-5H3,(H,24,27)/t16-,17-,20-/m0/s1. The molecule has 33 heavy (non-hydrogen) atoms. The number of benzene rings is 1. The van der Waals surface area contributed by atoms with Gasteiger partial charge in [0.1, 0.15) is 6.04 Å². The second kappa shape index (κ2) is 11.6. The summed E-state index contributed by atoms with van der Waals surface area (Å²) in [5, 5.41) is 2.80. The van der Waals surface area contributed by atoms with Crippen molar-refractivity contribution in [3.05, 3.63) is 29.8 Å². The lowest BCUT2D eigenvalue weighted by atomic mass is 9.93. The fourth-order valence-electron chi connectivity index (χ4n) is 3.77. The number of hydrogen-bond acceptors (Lipinski definition) is 6. The Labute approximate surface area is 196 Å². The molecular formula is C23H35N3O6S. The number of nitrogens with zero attached hydrogens (tertiary/aromatic N) is 1. The van der Waals surface area contributed by atoms with Gasteiger partial charge in [-0.15, -0.1) is 0 Å². The fourth-order valence-corrected chi connectivity index (χ4v) is 4.97. The first-order valence-electron chi connectivity index (χ1n) is 11.3. The maximum atomic E-state index is 12.8. The third-order valence-electron chi connectivity index (χ3n) is 6.18. The summed E-state index contributed by atoms with van der Waals surface area (Å²) < 4.78 is 32.4. The van der Waals surface area contributed by atoms with E-state index < -0.39 is 28.1 Å². The van der Waals surface area contributed by atoms with E-state index in [9.17, 15) is 22.8 Å². The van der Waals surface area contributed by atoms with Gasteiger partial charge >= 0.3 is 5.97 Å². The van der Waals surface area contributed by atoms with Crippen LogP contribution < -0.4 is 10.0 Å². The highest BCUT2D eigenvalue weighted by Gasteiger charge is 2.34. The van der Waals surface area contributed by atoms with E-state index in [-0.39, 0.29) is 28.5 Å². The van der Waals surface area contributed by atoms with Gasteiger partial charge in [0.05, 0.1) is 18.0 Å². The second-order valence-electron chi connectivity index (χ2n) is 8.65. The number of aryl methyl sites for hydroxylation is 1. The third-order valence-corrected chi connectivity index (χ3v) is 7.73. The normalized spacial score (nSPS) is 17.7. The van der Waals surface area contributed by atoms with Crippen molar-refractivity contribution in [2.75, 3.05) is 20.2 Å². The van der Waals surface area contributed by atoms with Crippen LogP contribution in [0.2, 0.25) is 0 Å². The summed E-state index contributed by atoms with van der Waals surface area (Å²) in [5.74, 6) is -1.43. The van der Waals surface area contributed by atoms with Gasteiger partial charge in [-0.2, -0.15) is 4.72 Å². The Kier molecular flexibility index (Phi) is 9.42. The van der Waals surface area contributed by atoms with Crippen molar-refractivity contribution in [2.24, 2.45) is 11.8 Å². The van der Waals surface area contributed by atoms with Crippen molar-refractivity contribution in [1.82, 2.24) is 14.9 Å². The van der Waals surface area contributed by atoms with Gasteiger partial charge in [0.2, 0.25) is 21.8 Å². The van der Waals surface area contributed by atoms with Crippen LogP contribution in [0.15, 0.2) is 29.2 Å². The zero-order chi connectivity index (χ0) is 24.8. The van der Waals surface area contributed by atoms with Crippen LogP contribution in [-0.2, 0) is 29.1 Å². The van der Waals surface area contributed by atoms with Crippen molar-refractivity contribution in [3.63, 3.8) is 0 Å². The monoisotopic (exact) mass is 481 g/mol. The van der Waals surface area contributed by atoms with E-state index in [0.717, 1.165) is 5.56 Å². The molecule has 1 aromatic carbocycles. The van der Waals surface area contributed by atoms with Crippen molar-refractivity contribution >= 4 is 27.8 Å². The number of hydrogen-bond donors (Lipinski definition) is 2. The first kappa shape index (κ1) is 26.8. The molecule has 2 N–H and O–H groups in total. The van der Waals surface area contributed by atoms with Gasteiger partial charge in [-0.05, 0) is 44.7 Å². The number of carbonyl (C=O) groups excluding carboxylic acids is 3. The van der Waals surface area contributed by atoms with Crippen LogP contribution in [0.4, 0.5) is 0 Å². The largest absolute Gasteiger partial charge is 0.467 e. The Bertz CT molecular complexity index is 939. The Hall–Kier alpha value is -2.46.